The van der Waals surface area contributed by atoms with Gasteiger partial charge in [-0.1, -0.05) is 57.0 Å². The average molecular weight is 535 g/mol. The largest absolute Gasteiger partial charge is 0.490 e. The predicted molar refractivity (Wildman–Crippen MR) is 157 cm³/mol. The Morgan fingerprint density at radius 1 is 1.05 bits per heavy atom. The van der Waals surface area contributed by atoms with Crippen molar-refractivity contribution in [3.8, 4) is 28.8 Å². The summed E-state index contributed by atoms with van der Waals surface area (Å²) in [6, 6.07) is 17.5. The van der Waals surface area contributed by atoms with E-state index in [0.717, 1.165) is 41.8 Å². The molecule has 0 radical (unpaired) electrons. The lowest BCUT2D eigenvalue weighted by molar-refractivity contribution is -0.140. The lowest BCUT2D eigenvalue weighted by atomic mass is 9.92. The van der Waals surface area contributed by atoms with Gasteiger partial charge in [0.05, 0.1) is 5.69 Å². The molecule has 0 fully saturated rings. The van der Waals surface area contributed by atoms with Gasteiger partial charge in [0.1, 0.15) is 29.7 Å². The number of nitriles is 1. The Balaban J connectivity index is 1.83. The molecule has 0 saturated carbocycles. The second-order valence-electron chi connectivity index (χ2n) is 9.78. The smallest absolute Gasteiger partial charge is 0.271 e. The number of aryl methyl sites for hydroxylation is 1. The van der Waals surface area contributed by atoms with Gasteiger partial charge in [0.15, 0.2) is 0 Å². The molecule has 0 unspecified atom stereocenters. The minimum Gasteiger partial charge on any atom is -0.490 e. The highest BCUT2D eigenvalue weighted by Gasteiger charge is 2.35. The van der Waals surface area contributed by atoms with Gasteiger partial charge in [0.2, 0.25) is 0 Å². The molecule has 0 saturated heterocycles. The first-order chi connectivity index (χ1) is 19.4. The molecule has 1 aliphatic heterocycles. The summed E-state index contributed by atoms with van der Waals surface area (Å²) in [4.78, 5) is 27.9. The highest BCUT2D eigenvalue weighted by molar-refractivity contribution is 6.19. The van der Waals surface area contributed by atoms with Crippen LogP contribution in [-0.4, -0.2) is 39.6 Å². The van der Waals surface area contributed by atoms with Gasteiger partial charge in [-0.25, -0.2) is 4.68 Å². The fourth-order valence-electron chi connectivity index (χ4n) is 4.75. The fraction of sp³-hybridized carbons (Fsp3) is 0.273. The Labute approximate surface area is 235 Å². The normalized spacial score (nSPS) is 14.6. The third kappa shape index (κ3) is 5.97. The van der Waals surface area contributed by atoms with Crippen LogP contribution in [0.2, 0.25) is 0 Å². The van der Waals surface area contributed by atoms with Gasteiger partial charge in [-0.3, -0.25) is 14.5 Å². The third-order valence-corrected chi connectivity index (χ3v) is 6.94. The molecule has 0 bridgehead atoms. The highest BCUT2D eigenvalue weighted by atomic mass is 16.5. The number of nitrogens with zero attached hydrogens (tertiary/aromatic N) is 4. The molecular formula is C33H34N4O3. The number of carbonyl (C=O) groups is 2. The Morgan fingerprint density at radius 3 is 2.50 bits per heavy atom. The predicted octanol–water partition coefficient (Wildman–Crippen LogP) is 6.59. The Morgan fingerprint density at radius 2 is 1.82 bits per heavy atom. The Hall–Kier alpha value is -4.70. The molecule has 2 heterocycles. The average Bonchev–Trinajstić information content (AvgIpc) is 3.38. The van der Waals surface area contributed by atoms with Crippen LogP contribution in [0.3, 0.4) is 0 Å². The summed E-state index contributed by atoms with van der Waals surface area (Å²) in [5.74, 6) is -0.188. The molecule has 7 nitrogen and oxygen atoms in total. The maximum absolute atomic E-state index is 13.7. The minimum absolute atomic E-state index is 0.00163. The molecule has 0 N–H and O–H groups in total. The van der Waals surface area contributed by atoms with E-state index in [-0.39, 0.29) is 18.0 Å². The van der Waals surface area contributed by atoms with E-state index < -0.39 is 5.91 Å². The molecule has 0 spiro atoms. The van der Waals surface area contributed by atoms with E-state index in [0.29, 0.717) is 35.4 Å². The maximum atomic E-state index is 13.7. The van der Waals surface area contributed by atoms with Crippen LogP contribution in [-0.2, 0) is 9.59 Å². The Bertz CT molecular complexity index is 1520. The van der Waals surface area contributed by atoms with Gasteiger partial charge < -0.3 is 4.74 Å². The van der Waals surface area contributed by atoms with Crippen molar-refractivity contribution < 1.29 is 14.3 Å². The number of imide groups is 1. The number of para-hydroxylation sites is 1. The van der Waals surface area contributed by atoms with E-state index >= 15 is 0 Å². The van der Waals surface area contributed by atoms with Crippen molar-refractivity contribution in [2.75, 3.05) is 13.2 Å². The van der Waals surface area contributed by atoms with Gasteiger partial charge >= 0.3 is 0 Å². The van der Waals surface area contributed by atoms with E-state index in [1.54, 1.807) is 23.8 Å². The number of rotatable bonds is 11. The van der Waals surface area contributed by atoms with Gasteiger partial charge in [0.25, 0.3) is 11.8 Å². The van der Waals surface area contributed by atoms with Crippen LogP contribution in [0.4, 0.5) is 0 Å². The topological polar surface area (TPSA) is 88.2 Å². The number of benzene rings is 2. The molecule has 2 amide bonds. The summed E-state index contributed by atoms with van der Waals surface area (Å²) in [6.45, 7) is 10.1. The zero-order valence-electron chi connectivity index (χ0n) is 23.3. The monoisotopic (exact) mass is 534 g/mol. The zero-order chi connectivity index (χ0) is 28.6. The zero-order valence-corrected chi connectivity index (χ0v) is 23.3. The second-order valence-corrected chi connectivity index (χ2v) is 9.78. The van der Waals surface area contributed by atoms with Crippen molar-refractivity contribution in [3.63, 3.8) is 0 Å². The molecular weight excluding hydrogens is 500 g/mol. The van der Waals surface area contributed by atoms with Gasteiger partial charge in [0, 0.05) is 29.4 Å². The van der Waals surface area contributed by atoms with E-state index in [2.05, 4.69) is 13.5 Å². The number of hydrogen-bond acceptors (Lipinski definition) is 5. The van der Waals surface area contributed by atoms with Crippen LogP contribution >= 0.6 is 0 Å². The summed E-state index contributed by atoms with van der Waals surface area (Å²) < 4.78 is 7.47. The minimum atomic E-state index is -0.523. The molecule has 204 valence electrons. The molecule has 4 rings (SSSR count). The number of aromatic nitrogens is 2. The highest BCUT2D eigenvalue weighted by Crippen LogP contribution is 2.33. The van der Waals surface area contributed by atoms with Crippen LogP contribution in [0.15, 0.2) is 84.1 Å². The van der Waals surface area contributed by atoms with E-state index in [1.807, 2.05) is 67.7 Å². The van der Waals surface area contributed by atoms with Crippen LogP contribution in [0.1, 0.15) is 50.7 Å². The summed E-state index contributed by atoms with van der Waals surface area (Å²) in [7, 11) is 0. The number of amides is 2. The van der Waals surface area contributed by atoms with Crippen molar-refractivity contribution in [2.24, 2.45) is 0 Å². The standard InChI is InChI=1S/C33H34N4O3/c1-5-7-8-12-17-36-32(38)29(24(4)30(21-34)33(36)39)20-25-22-37(26-13-10-9-11-14-26)35-31(25)28-16-15-27(19-23(28)3)40-18-6-2/h6,9-11,13-16,19-20,22H,2,5,7-8,12,17-18H2,1,3-4H3/b29-20+. The molecule has 0 atom stereocenters. The van der Waals surface area contributed by atoms with Gasteiger partial charge in [-0.05, 0) is 67.8 Å². The summed E-state index contributed by atoms with van der Waals surface area (Å²) in [6.07, 6.45) is 9.00. The van der Waals surface area contributed by atoms with Crippen molar-refractivity contribution in [1.29, 1.82) is 5.26 Å². The Kier molecular flexibility index (Phi) is 9.13. The summed E-state index contributed by atoms with van der Waals surface area (Å²) in [5, 5.41) is 14.7. The van der Waals surface area contributed by atoms with E-state index in [9.17, 15) is 14.9 Å². The quantitative estimate of drug-likeness (QED) is 0.120. The summed E-state index contributed by atoms with van der Waals surface area (Å²) >= 11 is 0. The van der Waals surface area contributed by atoms with Crippen LogP contribution in [0.5, 0.6) is 5.75 Å². The SMILES string of the molecule is C=CCOc1ccc(-c2nn(-c3ccccc3)cc2/C=C2/C(=O)N(CCCCCC)C(=O)C(C#N)=C2C)c(C)c1. The number of hydrogen-bond donors (Lipinski definition) is 0. The first-order valence-corrected chi connectivity index (χ1v) is 13.6. The lowest BCUT2D eigenvalue weighted by Gasteiger charge is -2.27. The van der Waals surface area contributed by atoms with Crippen LogP contribution in [0, 0.1) is 18.3 Å². The first-order valence-electron chi connectivity index (χ1n) is 13.6. The van der Waals surface area contributed by atoms with E-state index in [1.165, 1.54) is 4.90 Å². The second kappa shape index (κ2) is 12.9. The van der Waals surface area contributed by atoms with E-state index in [4.69, 9.17) is 9.84 Å². The lowest BCUT2D eigenvalue weighted by Crippen LogP contribution is -2.43. The summed E-state index contributed by atoms with van der Waals surface area (Å²) in [5.41, 5.74) is 4.77. The molecule has 40 heavy (non-hydrogen) atoms. The van der Waals surface area contributed by atoms with Crippen molar-refractivity contribution >= 4 is 17.9 Å². The number of unbranched alkanes of at least 4 members (excludes halogenated alkanes) is 3. The third-order valence-electron chi connectivity index (χ3n) is 6.94. The number of carbonyl (C=O) groups excluding carboxylic acids is 2. The number of ether oxygens (including phenoxy) is 1. The van der Waals surface area contributed by atoms with Crippen molar-refractivity contribution in [2.45, 2.75) is 46.5 Å². The van der Waals surface area contributed by atoms with Crippen molar-refractivity contribution in [1.82, 2.24) is 14.7 Å². The molecule has 1 aliphatic rings. The van der Waals surface area contributed by atoms with Crippen LogP contribution < -0.4 is 4.74 Å². The molecule has 3 aromatic rings. The first kappa shape index (κ1) is 28.3. The van der Waals surface area contributed by atoms with Crippen LogP contribution in [0.25, 0.3) is 23.0 Å². The van der Waals surface area contributed by atoms with Gasteiger partial charge in [-0.2, -0.15) is 10.4 Å². The maximum Gasteiger partial charge on any atom is 0.271 e. The fourth-order valence-corrected chi connectivity index (χ4v) is 4.75. The van der Waals surface area contributed by atoms with Crippen molar-refractivity contribution in [3.05, 3.63) is 95.2 Å². The molecule has 7 heteroatoms. The molecule has 0 aliphatic carbocycles. The molecule has 2 aromatic carbocycles. The molecule has 1 aromatic heterocycles. The van der Waals surface area contributed by atoms with Gasteiger partial charge in [-0.15, -0.1) is 0 Å².